The summed E-state index contributed by atoms with van der Waals surface area (Å²) in [5, 5.41) is 0. The number of nitrogens with two attached hydrogens (primary N) is 1. The maximum atomic E-state index is 13.1. The number of nitrogens with zero attached hydrogens (tertiary/aromatic N) is 2. The van der Waals surface area contributed by atoms with Crippen LogP contribution in [0.25, 0.3) is 0 Å². The van der Waals surface area contributed by atoms with Crippen LogP contribution in [0.1, 0.15) is 43.6 Å². The van der Waals surface area contributed by atoms with Gasteiger partial charge in [0.1, 0.15) is 5.82 Å². The second-order valence-electron chi connectivity index (χ2n) is 7.08. The molecular formula is C19H26FN3O2. The van der Waals surface area contributed by atoms with Crippen molar-refractivity contribution in [3.05, 3.63) is 35.6 Å². The molecular weight excluding hydrogens is 321 g/mol. The van der Waals surface area contributed by atoms with Gasteiger partial charge < -0.3 is 15.5 Å². The normalized spacial score (nSPS) is 25.0. The van der Waals surface area contributed by atoms with Gasteiger partial charge in [0, 0.05) is 38.0 Å². The lowest BCUT2D eigenvalue weighted by molar-refractivity contribution is -0.141. The molecule has 0 saturated carbocycles. The highest BCUT2D eigenvalue weighted by Crippen LogP contribution is 2.27. The number of hydrogen-bond donors (Lipinski definition) is 1. The van der Waals surface area contributed by atoms with E-state index >= 15 is 0 Å². The summed E-state index contributed by atoms with van der Waals surface area (Å²) in [7, 11) is 0. The van der Waals surface area contributed by atoms with E-state index in [1.807, 2.05) is 0 Å². The van der Waals surface area contributed by atoms with Gasteiger partial charge in [-0.1, -0.05) is 18.6 Å². The lowest BCUT2D eigenvalue weighted by Gasteiger charge is -2.38. The van der Waals surface area contributed by atoms with Crippen molar-refractivity contribution in [2.24, 2.45) is 5.73 Å². The Hall–Kier alpha value is -1.95. The van der Waals surface area contributed by atoms with E-state index in [-0.39, 0.29) is 36.1 Å². The fraction of sp³-hybridized carbons (Fsp3) is 0.579. The highest BCUT2D eigenvalue weighted by Gasteiger charge is 2.31. The lowest BCUT2D eigenvalue weighted by Crippen LogP contribution is -2.52. The minimum atomic E-state index is -0.257. The van der Waals surface area contributed by atoms with Crippen molar-refractivity contribution < 1.29 is 14.0 Å². The average Bonchev–Trinajstić information content (AvgIpc) is 2.80. The van der Waals surface area contributed by atoms with Gasteiger partial charge in [-0.25, -0.2) is 4.39 Å². The number of benzene rings is 1. The molecule has 0 aromatic heterocycles. The van der Waals surface area contributed by atoms with Crippen molar-refractivity contribution in [2.45, 2.75) is 44.1 Å². The Morgan fingerprint density at radius 1 is 1.16 bits per heavy atom. The van der Waals surface area contributed by atoms with E-state index in [4.69, 9.17) is 5.73 Å². The average molecular weight is 347 g/mol. The summed E-state index contributed by atoms with van der Waals surface area (Å²) < 4.78 is 13.1. The summed E-state index contributed by atoms with van der Waals surface area (Å²) in [6.07, 6.45) is 4.22. The topological polar surface area (TPSA) is 66.6 Å². The van der Waals surface area contributed by atoms with Crippen LogP contribution >= 0.6 is 0 Å². The molecule has 1 aromatic rings. The van der Waals surface area contributed by atoms with Crippen molar-refractivity contribution in [3.8, 4) is 0 Å². The van der Waals surface area contributed by atoms with Crippen molar-refractivity contribution in [1.82, 2.24) is 9.80 Å². The van der Waals surface area contributed by atoms with E-state index in [1.165, 1.54) is 12.1 Å². The van der Waals surface area contributed by atoms with Crippen molar-refractivity contribution >= 4 is 11.8 Å². The van der Waals surface area contributed by atoms with E-state index in [0.717, 1.165) is 31.2 Å². The van der Waals surface area contributed by atoms with E-state index in [0.29, 0.717) is 26.1 Å². The van der Waals surface area contributed by atoms with Crippen LogP contribution in [0, 0.1) is 5.82 Å². The second kappa shape index (κ2) is 7.95. The Balaban J connectivity index is 1.57. The number of carbonyl (C=O) groups is 2. The third kappa shape index (κ3) is 4.37. The summed E-state index contributed by atoms with van der Waals surface area (Å²) in [6, 6.07) is 6.26. The first-order valence-electron chi connectivity index (χ1n) is 9.11. The van der Waals surface area contributed by atoms with Crippen molar-refractivity contribution in [1.29, 1.82) is 0 Å². The van der Waals surface area contributed by atoms with E-state index < -0.39 is 0 Å². The Bertz CT molecular complexity index is 620. The molecule has 0 unspecified atom stereocenters. The van der Waals surface area contributed by atoms with Gasteiger partial charge >= 0.3 is 0 Å². The van der Waals surface area contributed by atoms with Crippen molar-refractivity contribution in [2.75, 3.05) is 26.2 Å². The van der Waals surface area contributed by atoms with Gasteiger partial charge in [-0.2, -0.15) is 0 Å². The molecule has 0 bridgehead atoms. The van der Waals surface area contributed by atoms with Gasteiger partial charge in [0.15, 0.2) is 0 Å². The second-order valence-corrected chi connectivity index (χ2v) is 7.08. The number of piperidine rings is 1. The summed E-state index contributed by atoms with van der Waals surface area (Å²) in [5.41, 5.74) is 7.31. The van der Waals surface area contributed by atoms with Crippen LogP contribution in [0.2, 0.25) is 0 Å². The molecule has 2 fully saturated rings. The van der Waals surface area contributed by atoms with Crippen LogP contribution in [0.4, 0.5) is 4.39 Å². The number of halogens is 1. The fourth-order valence-corrected chi connectivity index (χ4v) is 3.80. The minimum absolute atomic E-state index is 0.0248. The van der Waals surface area contributed by atoms with E-state index in [9.17, 15) is 14.0 Å². The van der Waals surface area contributed by atoms with Gasteiger partial charge in [0.2, 0.25) is 11.8 Å². The van der Waals surface area contributed by atoms with Crippen LogP contribution in [-0.2, 0) is 9.59 Å². The quantitative estimate of drug-likeness (QED) is 0.908. The van der Waals surface area contributed by atoms with Crippen LogP contribution in [0.15, 0.2) is 24.3 Å². The highest BCUT2D eigenvalue weighted by molar-refractivity contribution is 5.85. The molecule has 1 aromatic carbocycles. The SMILES string of the molecule is N[C@H]1CN(C(=O)CN2CCCCCC2=O)CC[C@@H]1c1ccc(F)cc1. The molecule has 2 amide bonds. The molecule has 2 aliphatic rings. The molecule has 3 rings (SSSR count). The van der Waals surface area contributed by atoms with E-state index in [1.54, 1.807) is 21.9 Å². The maximum absolute atomic E-state index is 13.1. The van der Waals surface area contributed by atoms with Gasteiger partial charge in [0.25, 0.3) is 0 Å². The first-order chi connectivity index (χ1) is 12.0. The molecule has 0 spiro atoms. The predicted molar refractivity (Wildman–Crippen MR) is 93.4 cm³/mol. The Morgan fingerprint density at radius 2 is 1.92 bits per heavy atom. The Kier molecular flexibility index (Phi) is 5.68. The molecule has 2 heterocycles. The third-order valence-corrected chi connectivity index (χ3v) is 5.31. The van der Waals surface area contributed by atoms with Crippen molar-refractivity contribution in [3.63, 3.8) is 0 Å². The lowest BCUT2D eigenvalue weighted by atomic mass is 9.86. The zero-order chi connectivity index (χ0) is 17.8. The minimum Gasteiger partial charge on any atom is -0.340 e. The van der Waals surface area contributed by atoms with Gasteiger partial charge in [-0.05, 0) is 37.0 Å². The van der Waals surface area contributed by atoms with Gasteiger partial charge in [0.05, 0.1) is 6.54 Å². The molecule has 2 N–H and O–H groups in total. The number of amides is 2. The van der Waals surface area contributed by atoms with Gasteiger partial charge in [-0.3, -0.25) is 9.59 Å². The van der Waals surface area contributed by atoms with Crippen LogP contribution < -0.4 is 5.73 Å². The van der Waals surface area contributed by atoms with E-state index in [2.05, 4.69) is 0 Å². The molecule has 0 radical (unpaired) electrons. The Labute approximate surface area is 148 Å². The molecule has 5 nitrogen and oxygen atoms in total. The van der Waals surface area contributed by atoms with Crippen LogP contribution in [0.3, 0.4) is 0 Å². The highest BCUT2D eigenvalue weighted by atomic mass is 19.1. The summed E-state index contributed by atoms with van der Waals surface area (Å²) in [4.78, 5) is 28.1. The predicted octanol–water partition coefficient (Wildman–Crippen LogP) is 1.87. The zero-order valence-electron chi connectivity index (χ0n) is 14.5. The molecule has 136 valence electrons. The largest absolute Gasteiger partial charge is 0.340 e. The first kappa shape index (κ1) is 17.9. The number of carbonyl (C=O) groups excluding carboxylic acids is 2. The molecule has 2 atom stereocenters. The molecule has 2 saturated heterocycles. The fourth-order valence-electron chi connectivity index (χ4n) is 3.80. The number of likely N-dealkylation sites (tertiary alicyclic amines) is 2. The monoisotopic (exact) mass is 347 g/mol. The number of hydrogen-bond acceptors (Lipinski definition) is 3. The summed E-state index contributed by atoms with van der Waals surface area (Å²) in [5.74, 6) is -0.0730. The number of rotatable bonds is 3. The molecule has 6 heteroatoms. The molecule has 0 aliphatic carbocycles. The summed E-state index contributed by atoms with van der Waals surface area (Å²) >= 11 is 0. The molecule has 25 heavy (non-hydrogen) atoms. The maximum Gasteiger partial charge on any atom is 0.242 e. The first-order valence-corrected chi connectivity index (χ1v) is 9.11. The van der Waals surface area contributed by atoms with Crippen LogP contribution in [-0.4, -0.2) is 53.8 Å². The zero-order valence-corrected chi connectivity index (χ0v) is 14.5. The smallest absolute Gasteiger partial charge is 0.242 e. The Morgan fingerprint density at radius 3 is 2.64 bits per heavy atom. The van der Waals surface area contributed by atoms with Gasteiger partial charge in [-0.15, -0.1) is 0 Å². The summed E-state index contributed by atoms with van der Waals surface area (Å²) in [6.45, 7) is 1.93. The van der Waals surface area contributed by atoms with Crippen LogP contribution in [0.5, 0.6) is 0 Å². The third-order valence-electron chi connectivity index (χ3n) is 5.31. The standard InChI is InChI=1S/C19H26FN3O2/c20-15-7-5-14(6-8-15)16-9-11-23(12-17(16)21)19(25)13-22-10-3-1-2-4-18(22)24/h5-8,16-17H,1-4,9-13,21H2/t16-,17+/m1/s1. The molecule has 2 aliphatic heterocycles.